The number of aliphatic hydroxyl groups excluding tert-OH is 2. The molecule has 18 heavy (non-hydrogen) atoms. The van der Waals surface area contributed by atoms with Crippen molar-refractivity contribution in [3.05, 3.63) is 29.8 Å². The van der Waals surface area contributed by atoms with E-state index in [0.29, 0.717) is 12.2 Å². The summed E-state index contributed by atoms with van der Waals surface area (Å²) in [6, 6.07) is 6.84. The summed E-state index contributed by atoms with van der Waals surface area (Å²) in [6.45, 7) is 2.82. The summed E-state index contributed by atoms with van der Waals surface area (Å²) in [7, 11) is 0. The van der Waals surface area contributed by atoms with E-state index in [2.05, 4.69) is 0 Å². The van der Waals surface area contributed by atoms with Crippen molar-refractivity contribution in [3.8, 4) is 5.75 Å². The summed E-state index contributed by atoms with van der Waals surface area (Å²) < 4.78 is 5.30. The van der Waals surface area contributed by atoms with Crippen molar-refractivity contribution in [1.82, 2.24) is 4.90 Å². The zero-order valence-electron chi connectivity index (χ0n) is 10.2. The van der Waals surface area contributed by atoms with Crippen LogP contribution in [0.5, 0.6) is 5.75 Å². The van der Waals surface area contributed by atoms with Gasteiger partial charge in [-0.05, 0) is 31.2 Å². The summed E-state index contributed by atoms with van der Waals surface area (Å²) in [5, 5.41) is 18.8. The average molecular weight is 251 g/mol. The second-order valence-electron chi connectivity index (χ2n) is 4.30. The highest BCUT2D eigenvalue weighted by atomic mass is 16.5. The highest BCUT2D eigenvalue weighted by Gasteiger charge is 2.32. The minimum absolute atomic E-state index is 0.174. The largest absolute Gasteiger partial charge is 0.494 e. The number of benzene rings is 1. The van der Waals surface area contributed by atoms with Crippen molar-refractivity contribution in [2.24, 2.45) is 0 Å². The Bertz CT molecular complexity index is 408. The number of amides is 1. The molecule has 1 aliphatic rings. The van der Waals surface area contributed by atoms with Gasteiger partial charge in [0.1, 0.15) is 5.75 Å². The van der Waals surface area contributed by atoms with Crippen LogP contribution in [-0.2, 0) is 0 Å². The number of carbonyl (C=O) groups is 1. The summed E-state index contributed by atoms with van der Waals surface area (Å²) in [5.41, 5.74) is 0.528. The van der Waals surface area contributed by atoms with E-state index in [4.69, 9.17) is 4.74 Å². The predicted octanol–water partition coefficient (Wildman–Crippen LogP) is 0.263. The van der Waals surface area contributed by atoms with Crippen LogP contribution in [0.4, 0.5) is 0 Å². The monoisotopic (exact) mass is 251 g/mol. The Hall–Kier alpha value is -1.59. The van der Waals surface area contributed by atoms with Gasteiger partial charge in [-0.25, -0.2) is 0 Å². The number of hydrogen-bond acceptors (Lipinski definition) is 4. The lowest BCUT2D eigenvalue weighted by Gasteiger charge is -2.15. The third-order valence-electron chi connectivity index (χ3n) is 2.96. The Labute approximate surface area is 106 Å². The minimum atomic E-state index is -0.850. The van der Waals surface area contributed by atoms with Gasteiger partial charge in [0.2, 0.25) is 0 Å². The molecule has 1 amide bonds. The van der Waals surface area contributed by atoms with E-state index >= 15 is 0 Å². The van der Waals surface area contributed by atoms with Gasteiger partial charge in [0.15, 0.2) is 0 Å². The summed E-state index contributed by atoms with van der Waals surface area (Å²) in [6.07, 6.45) is -1.70. The lowest BCUT2D eigenvalue weighted by molar-refractivity contribution is 0.0572. The lowest BCUT2D eigenvalue weighted by Crippen LogP contribution is -2.29. The van der Waals surface area contributed by atoms with Gasteiger partial charge in [-0.2, -0.15) is 0 Å². The number of nitrogens with zero attached hydrogens (tertiary/aromatic N) is 1. The molecular weight excluding hydrogens is 234 g/mol. The Morgan fingerprint density at radius 2 is 1.83 bits per heavy atom. The van der Waals surface area contributed by atoms with Gasteiger partial charge in [0.05, 0.1) is 18.8 Å². The quantitative estimate of drug-likeness (QED) is 0.808. The Morgan fingerprint density at radius 3 is 2.33 bits per heavy atom. The molecule has 1 fully saturated rings. The molecule has 0 spiro atoms. The molecule has 1 heterocycles. The number of ether oxygens (including phenoxy) is 1. The fourth-order valence-corrected chi connectivity index (χ4v) is 1.98. The summed E-state index contributed by atoms with van der Waals surface area (Å²) in [4.78, 5) is 13.5. The molecule has 1 saturated heterocycles. The average Bonchev–Trinajstić information content (AvgIpc) is 2.70. The molecule has 2 rings (SSSR count). The SMILES string of the molecule is CCOc1ccc(C(=O)N2CC(O)C(O)C2)cc1. The molecule has 2 atom stereocenters. The van der Waals surface area contributed by atoms with Crippen molar-refractivity contribution >= 4 is 5.91 Å². The summed E-state index contributed by atoms with van der Waals surface area (Å²) in [5.74, 6) is 0.532. The van der Waals surface area contributed by atoms with Gasteiger partial charge in [-0.1, -0.05) is 0 Å². The van der Waals surface area contributed by atoms with Crippen molar-refractivity contribution < 1.29 is 19.7 Å². The van der Waals surface area contributed by atoms with Gasteiger partial charge >= 0.3 is 0 Å². The van der Waals surface area contributed by atoms with E-state index in [1.807, 2.05) is 6.92 Å². The standard InChI is InChI=1S/C13H17NO4/c1-2-18-10-5-3-9(4-6-10)13(17)14-7-11(15)12(16)8-14/h3-6,11-12,15-16H,2,7-8H2,1H3. The first-order chi connectivity index (χ1) is 8.61. The Balaban J connectivity index is 2.05. The number of rotatable bonds is 3. The van der Waals surface area contributed by atoms with Crippen molar-refractivity contribution in [2.75, 3.05) is 19.7 Å². The fourth-order valence-electron chi connectivity index (χ4n) is 1.98. The van der Waals surface area contributed by atoms with Gasteiger partial charge in [-0.3, -0.25) is 4.79 Å². The third-order valence-corrected chi connectivity index (χ3v) is 2.96. The fraction of sp³-hybridized carbons (Fsp3) is 0.462. The molecule has 1 aliphatic heterocycles. The molecule has 1 aromatic rings. The van der Waals surface area contributed by atoms with Crippen LogP contribution in [0.3, 0.4) is 0 Å². The highest BCUT2D eigenvalue weighted by Crippen LogP contribution is 2.17. The Kier molecular flexibility index (Phi) is 3.84. The zero-order chi connectivity index (χ0) is 13.1. The summed E-state index contributed by atoms with van der Waals surface area (Å²) >= 11 is 0. The molecular formula is C13H17NO4. The molecule has 0 bridgehead atoms. The minimum Gasteiger partial charge on any atom is -0.494 e. The Morgan fingerprint density at radius 1 is 1.28 bits per heavy atom. The zero-order valence-corrected chi connectivity index (χ0v) is 10.2. The molecule has 0 aromatic heterocycles. The normalized spacial score (nSPS) is 23.2. The van der Waals surface area contributed by atoms with Crippen LogP contribution in [0, 0.1) is 0 Å². The third kappa shape index (κ3) is 2.63. The number of aliphatic hydroxyl groups is 2. The van der Waals surface area contributed by atoms with Crippen LogP contribution >= 0.6 is 0 Å². The smallest absolute Gasteiger partial charge is 0.254 e. The molecule has 2 unspecified atom stereocenters. The van der Waals surface area contributed by atoms with Gasteiger partial charge < -0.3 is 19.8 Å². The molecule has 98 valence electrons. The maximum absolute atomic E-state index is 12.1. The van der Waals surface area contributed by atoms with Gasteiger partial charge in [0.25, 0.3) is 5.91 Å². The lowest BCUT2D eigenvalue weighted by atomic mass is 10.2. The van der Waals surface area contributed by atoms with Crippen LogP contribution in [0.15, 0.2) is 24.3 Å². The van der Waals surface area contributed by atoms with E-state index in [1.54, 1.807) is 24.3 Å². The van der Waals surface area contributed by atoms with Crippen LogP contribution in [0.1, 0.15) is 17.3 Å². The van der Waals surface area contributed by atoms with E-state index in [1.165, 1.54) is 4.90 Å². The maximum Gasteiger partial charge on any atom is 0.254 e. The molecule has 5 nitrogen and oxygen atoms in total. The predicted molar refractivity (Wildman–Crippen MR) is 65.5 cm³/mol. The van der Waals surface area contributed by atoms with Gasteiger partial charge in [-0.15, -0.1) is 0 Å². The van der Waals surface area contributed by atoms with Crippen LogP contribution in [-0.4, -0.2) is 52.9 Å². The van der Waals surface area contributed by atoms with E-state index in [0.717, 1.165) is 5.75 Å². The van der Waals surface area contributed by atoms with E-state index in [9.17, 15) is 15.0 Å². The number of hydrogen-bond donors (Lipinski definition) is 2. The van der Waals surface area contributed by atoms with E-state index in [-0.39, 0.29) is 19.0 Å². The van der Waals surface area contributed by atoms with Crippen molar-refractivity contribution in [3.63, 3.8) is 0 Å². The first kappa shape index (κ1) is 12.9. The van der Waals surface area contributed by atoms with Gasteiger partial charge in [0, 0.05) is 18.7 Å². The molecule has 0 radical (unpaired) electrons. The van der Waals surface area contributed by atoms with E-state index < -0.39 is 12.2 Å². The van der Waals surface area contributed by atoms with Crippen LogP contribution < -0.4 is 4.74 Å². The van der Waals surface area contributed by atoms with Crippen molar-refractivity contribution in [2.45, 2.75) is 19.1 Å². The number of carbonyl (C=O) groups excluding carboxylic acids is 1. The topological polar surface area (TPSA) is 70.0 Å². The van der Waals surface area contributed by atoms with Crippen LogP contribution in [0.2, 0.25) is 0 Å². The molecule has 5 heteroatoms. The van der Waals surface area contributed by atoms with Crippen LogP contribution in [0.25, 0.3) is 0 Å². The second kappa shape index (κ2) is 5.37. The first-order valence-electron chi connectivity index (χ1n) is 6.00. The highest BCUT2D eigenvalue weighted by molar-refractivity contribution is 5.94. The molecule has 0 saturated carbocycles. The number of β-amino-alcohol motifs (C(OH)–C–C–N with tert-alkyl or cyclic N) is 2. The first-order valence-corrected chi connectivity index (χ1v) is 6.00. The number of likely N-dealkylation sites (tertiary alicyclic amines) is 1. The molecule has 2 N–H and O–H groups in total. The maximum atomic E-state index is 12.1. The second-order valence-corrected chi connectivity index (χ2v) is 4.30. The van der Waals surface area contributed by atoms with Crippen molar-refractivity contribution in [1.29, 1.82) is 0 Å². The molecule has 0 aliphatic carbocycles. The molecule has 1 aromatic carbocycles.